The van der Waals surface area contributed by atoms with E-state index in [0.29, 0.717) is 0 Å². The second-order valence-corrected chi connectivity index (χ2v) is 6.14. The third-order valence-electron chi connectivity index (χ3n) is 2.70. The number of hydrogen-bond acceptors (Lipinski definition) is 6. The summed E-state index contributed by atoms with van der Waals surface area (Å²) in [5, 5.41) is 21.4. The number of methoxy groups -OCH3 is 1. The van der Waals surface area contributed by atoms with Crippen LogP contribution in [0.5, 0.6) is 0 Å². The average Bonchev–Trinajstić information content (AvgIpc) is 2.90. The van der Waals surface area contributed by atoms with Crippen molar-refractivity contribution in [2.45, 2.75) is 17.9 Å². The topological polar surface area (TPSA) is 122 Å². The van der Waals surface area contributed by atoms with E-state index in [-0.39, 0.29) is 44.2 Å². The van der Waals surface area contributed by atoms with Crippen LogP contribution in [0.15, 0.2) is 17.3 Å². The molecule has 2 N–H and O–H groups in total. The van der Waals surface area contributed by atoms with E-state index < -0.39 is 16.0 Å². The number of sulfonamides is 1. The van der Waals surface area contributed by atoms with Crippen LogP contribution in [0.25, 0.3) is 0 Å². The minimum absolute atomic E-state index is 0.0440. The maximum Gasteiger partial charge on any atom is 0.305 e. The molecule has 0 aliphatic rings. The lowest BCUT2D eigenvalue weighted by Gasteiger charge is -2.19. The van der Waals surface area contributed by atoms with Gasteiger partial charge < -0.3 is 14.9 Å². The van der Waals surface area contributed by atoms with Gasteiger partial charge >= 0.3 is 5.97 Å². The van der Waals surface area contributed by atoms with Crippen molar-refractivity contribution >= 4 is 16.0 Å². The molecule has 21 heavy (non-hydrogen) atoms. The summed E-state index contributed by atoms with van der Waals surface area (Å²) < 4.78 is 31.9. The van der Waals surface area contributed by atoms with E-state index in [9.17, 15) is 13.2 Å². The van der Waals surface area contributed by atoms with Gasteiger partial charge in [-0.05, 0) is 0 Å². The van der Waals surface area contributed by atoms with Crippen LogP contribution in [0.4, 0.5) is 0 Å². The van der Waals surface area contributed by atoms with E-state index in [1.165, 1.54) is 18.0 Å². The quantitative estimate of drug-likeness (QED) is 0.566. The molecule has 0 bridgehead atoms. The first-order valence-electron chi connectivity index (χ1n) is 6.26. The van der Waals surface area contributed by atoms with E-state index in [1.54, 1.807) is 0 Å². The molecule has 10 heteroatoms. The molecule has 0 saturated heterocycles. The molecule has 1 aromatic rings. The molecule has 1 aromatic heterocycles. The molecule has 0 fully saturated rings. The molecule has 0 atom stereocenters. The smallest absolute Gasteiger partial charge is 0.305 e. The Morgan fingerprint density at radius 1 is 1.48 bits per heavy atom. The summed E-state index contributed by atoms with van der Waals surface area (Å²) in [6, 6.07) is 0. The Balaban J connectivity index is 2.86. The summed E-state index contributed by atoms with van der Waals surface area (Å²) in [7, 11) is -2.34. The van der Waals surface area contributed by atoms with E-state index >= 15 is 0 Å². The highest BCUT2D eigenvalue weighted by Crippen LogP contribution is 2.14. The van der Waals surface area contributed by atoms with Crippen molar-refractivity contribution in [3.63, 3.8) is 0 Å². The number of ether oxygens (including phenoxy) is 1. The number of aliphatic hydroxyl groups is 1. The third kappa shape index (κ3) is 5.08. The van der Waals surface area contributed by atoms with Gasteiger partial charge in [0, 0.05) is 26.4 Å². The van der Waals surface area contributed by atoms with Gasteiger partial charge in [0.2, 0.25) is 10.0 Å². The summed E-state index contributed by atoms with van der Waals surface area (Å²) in [5.74, 6) is -0.989. The van der Waals surface area contributed by atoms with Gasteiger partial charge in [-0.1, -0.05) is 0 Å². The van der Waals surface area contributed by atoms with E-state index in [4.69, 9.17) is 14.9 Å². The summed E-state index contributed by atoms with van der Waals surface area (Å²) >= 11 is 0. The number of nitrogens with zero attached hydrogens (tertiary/aromatic N) is 3. The predicted molar refractivity (Wildman–Crippen MR) is 72.2 cm³/mol. The summed E-state index contributed by atoms with van der Waals surface area (Å²) in [5.41, 5.74) is 0. The van der Waals surface area contributed by atoms with Crippen molar-refractivity contribution in [2.24, 2.45) is 0 Å². The average molecular weight is 321 g/mol. The van der Waals surface area contributed by atoms with Crippen molar-refractivity contribution in [3.8, 4) is 0 Å². The first-order valence-corrected chi connectivity index (χ1v) is 7.70. The molecule has 0 saturated carbocycles. The van der Waals surface area contributed by atoms with Crippen LogP contribution < -0.4 is 0 Å². The number of hydrogen-bond donors (Lipinski definition) is 2. The van der Waals surface area contributed by atoms with Gasteiger partial charge in [0.05, 0.1) is 32.4 Å². The number of carboxylic acids is 1. The molecule has 1 rings (SSSR count). The Morgan fingerprint density at radius 2 is 2.19 bits per heavy atom. The SMILES string of the molecule is COCCN(CCO)S(=O)(=O)c1cnn(CCC(=O)O)c1. The van der Waals surface area contributed by atoms with Gasteiger partial charge in [-0.15, -0.1) is 0 Å². The molecule has 9 nitrogen and oxygen atoms in total. The van der Waals surface area contributed by atoms with E-state index in [1.807, 2.05) is 0 Å². The molecule has 0 aliphatic heterocycles. The Hall–Kier alpha value is -1.49. The maximum absolute atomic E-state index is 12.4. The molecule has 0 radical (unpaired) electrons. The first-order chi connectivity index (χ1) is 9.91. The Labute approximate surface area is 122 Å². The molecular weight excluding hydrogens is 302 g/mol. The zero-order valence-electron chi connectivity index (χ0n) is 11.7. The van der Waals surface area contributed by atoms with Crippen LogP contribution in [0, 0.1) is 0 Å². The summed E-state index contributed by atoms with van der Waals surface area (Å²) in [6.45, 7) is 0.0388. The fourth-order valence-electron chi connectivity index (χ4n) is 1.62. The number of carbonyl (C=O) groups is 1. The number of carboxylic acid groups (broad SMARTS) is 1. The van der Waals surface area contributed by atoms with Gasteiger partial charge in [-0.3, -0.25) is 9.48 Å². The second-order valence-electron chi connectivity index (χ2n) is 4.20. The molecule has 0 aliphatic carbocycles. The molecule has 0 aromatic carbocycles. The molecule has 120 valence electrons. The lowest BCUT2D eigenvalue weighted by atomic mass is 10.4. The number of rotatable bonds is 10. The van der Waals surface area contributed by atoms with Crippen molar-refractivity contribution in [1.29, 1.82) is 0 Å². The van der Waals surface area contributed by atoms with Crippen LogP contribution in [0.3, 0.4) is 0 Å². The third-order valence-corrected chi connectivity index (χ3v) is 4.55. The van der Waals surface area contributed by atoms with E-state index in [0.717, 1.165) is 10.5 Å². The van der Waals surface area contributed by atoms with Crippen molar-refractivity contribution in [3.05, 3.63) is 12.4 Å². The second kappa shape index (κ2) is 8.08. The van der Waals surface area contributed by atoms with Gasteiger partial charge in [0.25, 0.3) is 0 Å². The van der Waals surface area contributed by atoms with Crippen LogP contribution in [0.2, 0.25) is 0 Å². The maximum atomic E-state index is 12.4. The lowest BCUT2D eigenvalue weighted by molar-refractivity contribution is -0.137. The largest absolute Gasteiger partial charge is 0.481 e. The number of aromatic nitrogens is 2. The highest BCUT2D eigenvalue weighted by Gasteiger charge is 2.25. The number of aliphatic hydroxyl groups excluding tert-OH is 1. The molecule has 0 unspecified atom stereocenters. The predicted octanol–water partition coefficient (Wildman–Crippen LogP) is -1.01. The first kappa shape index (κ1) is 17.6. The zero-order chi connectivity index (χ0) is 15.9. The van der Waals surface area contributed by atoms with Crippen LogP contribution in [-0.2, 0) is 26.1 Å². The fourth-order valence-corrected chi connectivity index (χ4v) is 2.99. The van der Waals surface area contributed by atoms with E-state index in [2.05, 4.69) is 5.10 Å². The van der Waals surface area contributed by atoms with Gasteiger partial charge in [0.1, 0.15) is 4.90 Å². The summed E-state index contributed by atoms with van der Waals surface area (Å²) in [6.07, 6.45) is 2.29. The van der Waals surface area contributed by atoms with Crippen LogP contribution >= 0.6 is 0 Å². The van der Waals surface area contributed by atoms with Crippen LogP contribution in [0.1, 0.15) is 6.42 Å². The minimum atomic E-state index is -3.79. The lowest BCUT2D eigenvalue weighted by Crippen LogP contribution is -2.36. The van der Waals surface area contributed by atoms with Crippen LogP contribution in [-0.4, -0.2) is 72.1 Å². The highest BCUT2D eigenvalue weighted by atomic mass is 32.2. The summed E-state index contributed by atoms with van der Waals surface area (Å²) in [4.78, 5) is 10.4. The van der Waals surface area contributed by atoms with Crippen molar-refractivity contribution in [1.82, 2.24) is 14.1 Å². The molecular formula is C11H19N3O6S. The molecule has 1 heterocycles. The Bertz CT molecular complexity index is 556. The normalized spacial score (nSPS) is 12.0. The standard InChI is InChI=1S/C11H19N3O6S/c1-20-7-5-14(4-6-15)21(18,19)10-8-12-13(9-10)3-2-11(16)17/h8-9,15H,2-7H2,1H3,(H,16,17). The molecule has 0 spiro atoms. The zero-order valence-corrected chi connectivity index (χ0v) is 12.5. The number of aliphatic carboxylic acids is 1. The fraction of sp³-hybridized carbons (Fsp3) is 0.636. The minimum Gasteiger partial charge on any atom is -0.481 e. The van der Waals surface area contributed by atoms with Crippen molar-refractivity contribution < 1.29 is 28.2 Å². The van der Waals surface area contributed by atoms with Gasteiger partial charge in [0.15, 0.2) is 0 Å². The number of aryl methyl sites for hydroxylation is 1. The van der Waals surface area contributed by atoms with Gasteiger partial charge in [-0.2, -0.15) is 9.40 Å². The Morgan fingerprint density at radius 3 is 2.76 bits per heavy atom. The van der Waals surface area contributed by atoms with Crippen molar-refractivity contribution in [2.75, 3.05) is 33.4 Å². The molecule has 0 amide bonds. The highest BCUT2D eigenvalue weighted by molar-refractivity contribution is 7.89. The Kier molecular flexibility index (Phi) is 6.75. The monoisotopic (exact) mass is 321 g/mol. The van der Waals surface area contributed by atoms with Gasteiger partial charge in [-0.25, -0.2) is 8.42 Å².